The lowest BCUT2D eigenvalue weighted by Crippen LogP contribution is -2.19. The predicted octanol–water partition coefficient (Wildman–Crippen LogP) is 7.79. The number of benzene rings is 3. The Morgan fingerprint density at radius 2 is 1.64 bits per heavy atom. The van der Waals surface area contributed by atoms with Crippen LogP contribution in [0.4, 0.5) is 5.69 Å². The van der Waals surface area contributed by atoms with Crippen molar-refractivity contribution in [1.29, 1.82) is 0 Å². The zero-order valence-corrected chi connectivity index (χ0v) is 22.7. The van der Waals surface area contributed by atoms with Gasteiger partial charge in [-0.2, -0.15) is 0 Å². The van der Waals surface area contributed by atoms with Crippen molar-refractivity contribution < 1.29 is 19.0 Å². The molecule has 1 fully saturated rings. The van der Waals surface area contributed by atoms with E-state index in [1.807, 2.05) is 0 Å². The fourth-order valence-corrected chi connectivity index (χ4v) is 4.98. The number of nitrogens with one attached hydrogen (secondary N) is 1. The molecule has 186 valence electrons. The van der Waals surface area contributed by atoms with Gasteiger partial charge in [-0.05, 0) is 65.9 Å². The van der Waals surface area contributed by atoms with Crippen LogP contribution in [0.3, 0.4) is 0 Å². The van der Waals surface area contributed by atoms with Crippen molar-refractivity contribution in [3.63, 3.8) is 0 Å². The van der Waals surface area contributed by atoms with Crippen LogP contribution in [0, 0.1) is 0 Å². The third-order valence-electron chi connectivity index (χ3n) is 4.95. The molecule has 1 amide bonds. The van der Waals surface area contributed by atoms with Crippen molar-refractivity contribution in [3.8, 4) is 17.2 Å². The monoisotopic (exact) mass is 582 g/mol. The summed E-state index contributed by atoms with van der Waals surface area (Å²) in [6, 6.07) is 13.6. The second kappa shape index (κ2) is 11.7. The van der Waals surface area contributed by atoms with Crippen molar-refractivity contribution in [1.82, 2.24) is 5.32 Å². The number of carbonyl (C=O) groups excluding carboxylic acids is 1. The van der Waals surface area contributed by atoms with E-state index in [4.69, 9.17) is 60.6 Å². The van der Waals surface area contributed by atoms with Crippen LogP contribution >= 0.6 is 58.2 Å². The smallest absolute Gasteiger partial charge is 0.264 e. The van der Waals surface area contributed by atoms with E-state index in [9.17, 15) is 4.79 Å². The first-order chi connectivity index (χ1) is 17.3. The van der Waals surface area contributed by atoms with E-state index < -0.39 is 0 Å². The Bertz CT molecular complexity index is 1390. The number of thioether (sulfide) groups is 1. The fourth-order valence-electron chi connectivity index (χ4n) is 3.24. The molecule has 1 N–H and O–H groups in total. The van der Waals surface area contributed by atoms with E-state index in [1.165, 1.54) is 26.0 Å². The lowest BCUT2D eigenvalue weighted by atomic mass is 10.1. The predicted molar refractivity (Wildman–Crippen MR) is 148 cm³/mol. The summed E-state index contributed by atoms with van der Waals surface area (Å²) in [5.74, 6) is 0.991. The molecule has 6 nitrogen and oxygen atoms in total. The largest absolute Gasteiger partial charge is 0.494 e. The molecule has 0 radical (unpaired) electrons. The summed E-state index contributed by atoms with van der Waals surface area (Å²) in [6.45, 7) is 0.164. The normalized spacial score (nSPS) is 15.3. The third-order valence-corrected chi connectivity index (χ3v) is 6.96. The summed E-state index contributed by atoms with van der Waals surface area (Å²) < 4.78 is 16.7. The summed E-state index contributed by atoms with van der Waals surface area (Å²) in [4.78, 5) is 17.5. The summed E-state index contributed by atoms with van der Waals surface area (Å²) in [7, 11) is 3.04. The number of amidine groups is 1. The van der Waals surface area contributed by atoms with Crippen LogP contribution in [0.1, 0.15) is 11.1 Å². The van der Waals surface area contributed by atoms with Crippen molar-refractivity contribution in [2.24, 2.45) is 4.99 Å². The van der Waals surface area contributed by atoms with Gasteiger partial charge in [0.15, 0.2) is 16.7 Å². The van der Waals surface area contributed by atoms with Crippen molar-refractivity contribution in [2.75, 3.05) is 14.2 Å². The minimum absolute atomic E-state index is 0.164. The molecule has 1 heterocycles. The van der Waals surface area contributed by atoms with Gasteiger partial charge >= 0.3 is 0 Å². The quantitative estimate of drug-likeness (QED) is 0.287. The van der Waals surface area contributed by atoms with Crippen LogP contribution in [0.25, 0.3) is 6.08 Å². The van der Waals surface area contributed by atoms with Crippen LogP contribution in [-0.2, 0) is 11.4 Å². The van der Waals surface area contributed by atoms with Crippen LogP contribution in [0.5, 0.6) is 17.2 Å². The summed E-state index contributed by atoms with van der Waals surface area (Å²) in [5.41, 5.74) is 1.89. The van der Waals surface area contributed by atoms with Crippen LogP contribution in [0.2, 0.25) is 20.1 Å². The maximum absolute atomic E-state index is 12.6. The lowest BCUT2D eigenvalue weighted by Gasteiger charge is -2.14. The summed E-state index contributed by atoms with van der Waals surface area (Å²) in [6.07, 6.45) is 1.69. The maximum Gasteiger partial charge on any atom is 0.264 e. The Morgan fingerprint density at radius 3 is 2.36 bits per heavy atom. The maximum atomic E-state index is 12.6. The first kappa shape index (κ1) is 26.5. The highest BCUT2D eigenvalue weighted by atomic mass is 35.5. The number of hydrogen-bond donors (Lipinski definition) is 1. The number of ether oxygens (including phenoxy) is 3. The zero-order valence-electron chi connectivity index (χ0n) is 18.9. The molecule has 36 heavy (non-hydrogen) atoms. The molecule has 1 saturated heterocycles. The molecule has 0 unspecified atom stereocenters. The highest BCUT2D eigenvalue weighted by Gasteiger charge is 2.25. The summed E-state index contributed by atoms with van der Waals surface area (Å²) >= 11 is 25.9. The van der Waals surface area contributed by atoms with E-state index >= 15 is 0 Å². The third kappa shape index (κ3) is 6.22. The van der Waals surface area contributed by atoms with E-state index in [0.717, 1.165) is 5.56 Å². The Balaban J connectivity index is 1.56. The number of amides is 1. The number of halogens is 4. The van der Waals surface area contributed by atoms with Gasteiger partial charge in [0.05, 0.1) is 24.1 Å². The average Bonchev–Trinajstić information content (AvgIpc) is 3.17. The standard InChI is InChI=1S/C25H18Cl4N2O4S/c1-33-20-6-5-16(27)11-19(20)30-25-31-24(32)22(36-25)9-13-7-18(29)23(21(8-13)34-2)35-12-14-3-4-15(26)10-17(14)28/h3-11H,12H2,1-2H3,(H,30,31,32)/b22-9-. The van der Waals surface area contributed by atoms with Crippen LogP contribution < -0.4 is 19.5 Å². The number of aliphatic imine (C=N–C) groups is 1. The van der Waals surface area contributed by atoms with Gasteiger partial charge in [0.25, 0.3) is 5.91 Å². The fraction of sp³-hybridized carbons (Fsp3) is 0.120. The summed E-state index contributed by atoms with van der Waals surface area (Å²) in [5, 5.41) is 4.97. The molecule has 3 aromatic rings. The Morgan fingerprint density at radius 1 is 0.917 bits per heavy atom. The Labute approximate surface area is 232 Å². The molecular weight excluding hydrogens is 566 g/mol. The van der Waals surface area contributed by atoms with Crippen LogP contribution in [0.15, 0.2) is 58.4 Å². The van der Waals surface area contributed by atoms with E-state index in [2.05, 4.69) is 10.3 Å². The highest BCUT2D eigenvalue weighted by Crippen LogP contribution is 2.39. The number of methoxy groups -OCH3 is 2. The molecule has 11 heteroatoms. The van der Waals surface area contributed by atoms with Gasteiger partial charge in [-0.3, -0.25) is 4.79 Å². The van der Waals surface area contributed by atoms with E-state index in [-0.39, 0.29) is 12.5 Å². The molecule has 0 aliphatic carbocycles. The number of nitrogens with zero attached hydrogens (tertiary/aromatic N) is 1. The Hall–Kier alpha value is -2.55. The molecule has 4 rings (SSSR count). The molecule has 0 atom stereocenters. The van der Waals surface area contributed by atoms with Crippen molar-refractivity contribution in [3.05, 3.63) is 84.7 Å². The molecule has 3 aromatic carbocycles. The topological polar surface area (TPSA) is 69.2 Å². The molecule has 0 bridgehead atoms. The average molecular weight is 584 g/mol. The van der Waals surface area contributed by atoms with E-state index in [1.54, 1.807) is 54.6 Å². The number of hydrogen-bond acceptors (Lipinski definition) is 6. The Kier molecular flexibility index (Phi) is 8.59. The molecule has 0 aromatic heterocycles. The highest BCUT2D eigenvalue weighted by molar-refractivity contribution is 8.18. The van der Waals surface area contributed by atoms with Gasteiger partial charge in [-0.25, -0.2) is 4.99 Å². The van der Waals surface area contributed by atoms with Crippen LogP contribution in [-0.4, -0.2) is 25.3 Å². The number of rotatable bonds is 7. The molecule has 0 spiro atoms. The first-order valence-electron chi connectivity index (χ1n) is 10.3. The minimum Gasteiger partial charge on any atom is -0.494 e. The number of carbonyl (C=O) groups is 1. The van der Waals surface area contributed by atoms with E-state index in [0.29, 0.717) is 58.7 Å². The van der Waals surface area contributed by atoms with Gasteiger partial charge < -0.3 is 19.5 Å². The minimum atomic E-state index is -0.299. The molecule has 0 saturated carbocycles. The van der Waals surface area contributed by atoms with Crippen molar-refractivity contribution >= 4 is 81.0 Å². The second-order valence-corrected chi connectivity index (χ2v) is 10.1. The van der Waals surface area contributed by atoms with Crippen molar-refractivity contribution in [2.45, 2.75) is 6.61 Å². The van der Waals surface area contributed by atoms with Gasteiger partial charge in [0.2, 0.25) is 0 Å². The second-order valence-electron chi connectivity index (χ2n) is 7.36. The zero-order chi connectivity index (χ0) is 25.8. The molecule has 1 aliphatic rings. The molecular formula is C25H18Cl4N2O4S. The first-order valence-corrected chi connectivity index (χ1v) is 12.7. The molecule has 1 aliphatic heterocycles. The van der Waals surface area contributed by atoms with Gasteiger partial charge in [0, 0.05) is 20.6 Å². The van der Waals surface area contributed by atoms with Gasteiger partial charge in [-0.15, -0.1) is 0 Å². The lowest BCUT2D eigenvalue weighted by molar-refractivity contribution is -0.115. The van der Waals surface area contributed by atoms with Gasteiger partial charge in [0.1, 0.15) is 18.0 Å². The SMILES string of the molecule is COc1ccc(Cl)cc1N=C1NC(=O)/C(=C/c2cc(Cl)c(OCc3ccc(Cl)cc3Cl)c(OC)c2)S1. The van der Waals surface area contributed by atoms with Gasteiger partial charge in [-0.1, -0.05) is 52.5 Å².